The second kappa shape index (κ2) is 8.27. The van der Waals surface area contributed by atoms with E-state index >= 15 is 0 Å². The van der Waals surface area contributed by atoms with Gasteiger partial charge in [-0.1, -0.05) is 17.7 Å². The van der Waals surface area contributed by atoms with Gasteiger partial charge in [0.25, 0.3) is 0 Å². The first kappa shape index (κ1) is 16.1. The summed E-state index contributed by atoms with van der Waals surface area (Å²) in [4.78, 5) is 11.5. The normalized spacial score (nSPS) is 10.3. The van der Waals surface area contributed by atoms with E-state index < -0.39 is 0 Å². The molecule has 0 heterocycles. The number of carbonyl (C=O) groups excluding carboxylic acids is 1. The smallest absolute Gasteiger partial charge is 0.244 e. The number of hydrogen-bond donors (Lipinski definition) is 1. The van der Waals surface area contributed by atoms with Gasteiger partial charge < -0.3 is 14.8 Å². The molecule has 0 aliphatic rings. The quantitative estimate of drug-likeness (QED) is 0.621. The molecule has 0 saturated carbocycles. The fraction of sp³-hybridized carbons (Fsp3) is 0.267. The molecule has 1 amide bonds. The summed E-state index contributed by atoms with van der Waals surface area (Å²) in [7, 11) is 1.53. The van der Waals surface area contributed by atoms with Crippen molar-refractivity contribution in [1.29, 1.82) is 0 Å². The third-order valence-corrected chi connectivity index (χ3v) is 2.66. The van der Waals surface area contributed by atoms with Crippen molar-refractivity contribution in [3.05, 3.63) is 41.4 Å². The van der Waals surface area contributed by atoms with Crippen molar-refractivity contribution < 1.29 is 14.3 Å². The summed E-state index contributed by atoms with van der Waals surface area (Å²) in [6.45, 7) is 6.33. The Kier molecular flexibility index (Phi) is 6.67. The number of halogens is 1. The summed E-state index contributed by atoms with van der Waals surface area (Å²) >= 11 is 6.12. The van der Waals surface area contributed by atoms with E-state index in [4.69, 9.17) is 21.1 Å². The van der Waals surface area contributed by atoms with Crippen molar-refractivity contribution in [2.75, 3.05) is 20.3 Å². The SMILES string of the molecule is C=CCNC(=O)/C=C/c1cc(Cl)c(OC)c(OCC)c1. The van der Waals surface area contributed by atoms with Crippen molar-refractivity contribution >= 4 is 23.6 Å². The first-order chi connectivity index (χ1) is 9.62. The van der Waals surface area contributed by atoms with Crippen LogP contribution in [-0.4, -0.2) is 26.2 Å². The number of methoxy groups -OCH3 is 1. The lowest BCUT2D eigenvalue weighted by atomic mass is 10.2. The predicted molar refractivity (Wildman–Crippen MR) is 81.4 cm³/mol. The molecule has 0 radical (unpaired) electrons. The number of carbonyl (C=O) groups is 1. The first-order valence-corrected chi connectivity index (χ1v) is 6.57. The van der Waals surface area contributed by atoms with E-state index in [1.54, 1.807) is 24.3 Å². The van der Waals surface area contributed by atoms with Crippen molar-refractivity contribution in [3.63, 3.8) is 0 Å². The molecule has 0 aliphatic carbocycles. The Labute approximate surface area is 124 Å². The van der Waals surface area contributed by atoms with E-state index in [2.05, 4.69) is 11.9 Å². The van der Waals surface area contributed by atoms with Crippen molar-refractivity contribution in [2.45, 2.75) is 6.92 Å². The lowest BCUT2D eigenvalue weighted by Gasteiger charge is -2.11. The second-order valence-electron chi connectivity index (χ2n) is 3.83. The fourth-order valence-corrected chi connectivity index (χ4v) is 1.85. The average Bonchev–Trinajstić information content (AvgIpc) is 2.43. The van der Waals surface area contributed by atoms with Crippen LogP contribution in [-0.2, 0) is 4.79 Å². The maximum Gasteiger partial charge on any atom is 0.244 e. The number of nitrogens with one attached hydrogen (secondary N) is 1. The molecule has 0 aliphatic heterocycles. The molecule has 0 atom stereocenters. The van der Waals surface area contributed by atoms with Crippen LogP contribution in [0.25, 0.3) is 6.08 Å². The van der Waals surface area contributed by atoms with Crippen molar-refractivity contribution in [1.82, 2.24) is 5.32 Å². The molecule has 1 rings (SSSR count). The fourth-order valence-electron chi connectivity index (χ4n) is 1.55. The highest BCUT2D eigenvalue weighted by Gasteiger charge is 2.10. The zero-order chi connectivity index (χ0) is 15.0. The molecule has 1 N–H and O–H groups in total. The van der Waals surface area contributed by atoms with Crippen molar-refractivity contribution in [2.24, 2.45) is 0 Å². The summed E-state index contributed by atoms with van der Waals surface area (Å²) in [6, 6.07) is 3.48. The van der Waals surface area contributed by atoms with Gasteiger partial charge in [-0.15, -0.1) is 6.58 Å². The van der Waals surface area contributed by atoms with Crippen LogP contribution in [0.4, 0.5) is 0 Å². The highest BCUT2D eigenvalue weighted by molar-refractivity contribution is 6.32. The summed E-state index contributed by atoms with van der Waals surface area (Å²) in [5.74, 6) is 0.838. The molecular weight excluding hydrogens is 278 g/mol. The molecule has 0 fully saturated rings. The van der Waals surface area contributed by atoms with Gasteiger partial charge in [-0.2, -0.15) is 0 Å². The minimum absolute atomic E-state index is 0.199. The lowest BCUT2D eigenvalue weighted by molar-refractivity contribution is -0.116. The summed E-state index contributed by atoms with van der Waals surface area (Å²) in [5.41, 5.74) is 0.757. The molecule has 1 aromatic rings. The van der Waals surface area contributed by atoms with Gasteiger partial charge in [-0.25, -0.2) is 0 Å². The number of hydrogen-bond acceptors (Lipinski definition) is 3. The number of amides is 1. The van der Waals surface area contributed by atoms with Crippen LogP contribution in [0.5, 0.6) is 11.5 Å². The zero-order valence-corrected chi connectivity index (χ0v) is 12.4. The van der Waals surface area contributed by atoms with Crippen LogP contribution >= 0.6 is 11.6 Å². The Morgan fingerprint density at radius 2 is 2.25 bits per heavy atom. The summed E-state index contributed by atoms with van der Waals surface area (Å²) < 4.78 is 10.7. The minimum Gasteiger partial charge on any atom is -0.491 e. The number of benzene rings is 1. The van der Waals surface area contributed by atoms with Crippen LogP contribution in [0.1, 0.15) is 12.5 Å². The zero-order valence-electron chi connectivity index (χ0n) is 11.6. The first-order valence-electron chi connectivity index (χ1n) is 6.19. The molecule has 20 heavy (non-hydrogen) atoms. The van der Waals surface area contributed by atoms with Gasteiger partial charge in [-0.3, -0.25) is 4.79 Å². The topological polar surface area (TPSA) is 47.6 Å². The van der Waals surface area contributed by atoms with E-state index in [9.17, 15) is 4.79 Å². The van der Waals surface area contributed by atoms with Gasteiger partial charge in [0.05, 0.1) is 18.7 Å². The molecule has 108 valence electrons. The Hall–Kier alpha value is -1.94. The Balaban J connectivity index is 2.93. The van der Waals surface area contributed by atoms with Crippen LogP contribution in [0.2, 0.25) is 5.02 Å². The summed E-state index contributed by atoms with van der Waals surface area (Å²) in [6.07, 6.45) is 4.70. The molecule has 5 heteroatoms. The molecule has 0 bridgehead atoms. The second-order valence-corrected chi connectivity index (χ2v) is 4.24. The Morgan fingerprint density at radius 1 is 1.50 bits per heavy atom. The van der Waals surface area contributed by atoms with E-state index in [-0.39, 0.29) is 5.91 Å². The highest BCUT2D eigenvalue weighted by Crippen LogP contribution is 2.36. The van der Waals surface area contributed by atoms with E-state index in [1.165, 1.54) is 13.2 Å². The molecule has 0 saturated heterocycles. The van der Waals surface area contributed by atoms with Gasteiger partial charge in [0, 0.05) is 12.6 Å². The Morgan fingerprint density at radius 3 is 2.85 bits per heavy atom. The maximum absolute atomic E-state index is 11.5. The van der Waals surface area contributed by atoms with Gasteiger partial charge in [0.2, 0.25) is 5.91 Å². The van der Waals surface area contributed by atoms with E-state index in [1.807, 2.05) is 6.92 Å². The average molecular weight is 296 g/mol. The third-order valence-electron chi connectivity index (χ3n) is 2.38. The van der Waals surface area contributed by atoms with Crippen LogP contribution < -0.4 is 14.8 Å². The maximum atomic E-state index is 11.5. The van der Waals surface area contributed by atoms with Gasteiger partial charge in [0.1, 0.15) is 0 Å². The van der Waals surface area contributed by atoms with Gasteiger partial charge in [0.15, 0.2) is 11.5 Å². The van der Waals surface area contributed by atoms with Crippen LogP contribution in [0.15, 0.2) is 30.9 Å². The van der Waals surface area contributed by atoms with E-state index in [0.717, 1.165) is 5.56 Å². The monoisotopic (exact) mass is 295 g/mol. The van der Waals surface area contributed by atoms with Gasteiger partial charge in [-0.05, 0) is 30.7 Å². The minimum atomic E-state index is -0.199. The molecule has 0 aromatic heterocycles. The van der Waals surface area contributed by atoms with Crippen LogP contribution in [0, 0.1) is 0 Å². The third kappa shape index (κ3) is 4.63. The van der Waals surface area contributed by atoms with Crippen LogP contribution in [0.3, 0.4) is 0 Å². The highest BCUT2D eigenvalue weighted by atomic mass is 35.5. The lowest BCUT2D eigenvalue weighted by Crippen LogP contribution is -2.20. The largest absolute Gasteiger partial charge is 0.491 e. The molecule has 1 aromatic carbocycles. The molecule has 0 spiro atoms. The van der Waals surface area contributed by atoms with Crippen molar-refractivity contribution in [3.8, 4) is 11.5 Å². The van der Waals surface area contributed by atoms with E-state index in [0.29, 0.717) is 29.7 Å². The number of rotatable bonds is 7. The summed E-state index contributed by atoms with van der Waals surface area (Å²) in [5, 5.41) is 3.08. The Bertz CT molecular complexity index is 512. The molecule has 4 nitrogen and oxygen atoms in total. The predicted octanol–water partition coefficient (Wildman–Crippen LogP) is 3.06. The standard InChI is InChI=1S/C15H18ClNO3/c1-4-8-17-14(18)7-6-11-9-12(16)15(19-3)13(10-11)20-5-2/h4,6-7,9-10H,1,5,8H2,2-3H3,(H,17,18)/b7-6+. The molecular formula is C15H18ClNO3. The molecule has 0 unspecified atom stereocenters. The number of ether oxygens (including phenoxy) is 2. The van der Waals surface area contributed by atoms with Gasteiger partial charge >= 0.3 is 0 Å².